The van der Waals surface area contributed by atoms with Gasteiger partial charge in [-0.2, -0.15) is 4.68 Å². The Morgan fingerprint density at radius 1 is 1.28 bits per heavy atom. The fraction of sp³-hybridized carbons (Fsp3) is 0.259. The van der Waals surface area contributed by atoms with Crippen LogP contribution in [0.2, 0.25) is 5.02 Å². The summed E-state index contributed by atoms with van der Waals surface area (Å²) in [6, 6.07) is 11.1. The van der Waals surface area contributed by atoms with Gasteiger partial charge in [-0.05, 0) is 55.2 Å². The lowest BCUT2D eigenvalue weighted by Gasteiger charge is -2.24. The molecule has 0 saturated carbocycles. The third-order valence-electron chi connectivity index (χ3n) is 5.88. The van der Waals surface area contributed by atoms with Gasteiger partial charge in [0, 0.05) is 22.8 Å². The molecule has 12 heteroatoms. The maximum atomic E-state index is 14.3. The lowest BCUT2D eigenvalue weighted by Crippen LogP contribution is -2.47. The van der Waals surface area contributed by atoms with Crippen molar-refractivity contribution in [2.24, 2.45) is 0 Å². The Morgan fingerprint density at radius 3 is 2.74 bits per heavy atom. The largest absolute Gasteiger partial charge is 0.464 e. The monoisotopic (exact) mass is 555 g/mol. The first-order chi connectivity index (χ1) is 18.7. The molecular formula is C27H27ClFN5O5. The molecule has 1 aliphatic carbocycles. The number of hydrogen-bond acceptors (Lipinski definition) is 7. The molecule has 1 aromatic heterocycles. The average molecular weight is 556 g/mol. The average Bonchev–Trinajstić information content (AvgIpc) is 3.33. The lowest BCUT2D eigenvalue weighted by atomic mass is 10.0. The van der Waals surface area contributed by atoms with Crippen LogP contribution in [0.1, 0.15) is 35.9 Å². The van der Waals surface area contributed by atoms with Crippen LogP contribution in [0, 0.1) is 5.82 Å². The van der Waals surface area contributed by atoms with E-state index in [2.05, 4.69) is 15.5 Å². The van der Waals surface area contributed by atoms with E-state index in [-0.39, 0.29) is 25.5 Å². The topological polar surface area (TPSA) is 130 Å². The number of benzene rings is 2. The zero-order valence-electron chi connectivity index (χ0n) is 21.1. The van der Waals surface area contributed by atoms with Gasteiger partial charge >= 0.3 is 17.6 Å². The number of halogens is 2. The van der Waals surface area contributed by atoms with Gasteiger partial charge in [-0.1, -0.05) is 48.0 Å². The Kier molecular flexibility index (Phi) is 9.07. The summed E-state index contributed by atoms with van der Waals surface area (Å²) >= 11 is 6.01. The number of ether oxygens (including phenoxy) is 1. The summed E-state index contributed by atoms with van der Waals surface area (Å²) in [7, 11) is 0. The van der Waals surface area contributed by atoms with Crippen molar-refractivity contribution < 1.29 is 23.8 Å². The van der Waals surface area contributed by atoms with E-state index in [1.807, 2.05) is 12.2 Å². The highest BCUT2D eigenvalue weighted by atomic mass is 35.5. The number of H-pyrrole nitrogens is 1. The first kappa shape index (κ1) is 28.0. The number of rotatable bonds is 10. The van der Waals surface area contributed by atoms with Gasteiger partial charge in [0.1, 0.15) is 5.82 Å². The molecule has 1 aliphatic rings. The Bertz CT molecular complexity index is 1460. The van der Waals surface area contributed by atoms with Crippen molar-refractivity contribution in [1.82, 2.24) is 25.2 Å². The van der Waals surface area contributed by atoms with E-state index < -0.39 is 29.5 Å². The van der Waals surface area contributed by atoms with Crippen molar-refractivity contribution in [2.75, 3.05) is 13.2 Å². The number of aromatic nitrogens is 3. The predicted molar refractivity (Wildman–Crippen MR) is 143 cm³/mol. The summed E-state index contributed by atoms with van der Waals surface area (Å²) < 4.78 is 20.3. The number of allylic oxidation sites excluding steroid dienone is 4. The summed E-state index contributed by atoms with van der Waals surface area (Å²) in [5.41, 5.74) is 4.27. The fourth-order valence-corrected chi connectivity index (χ4v) is 4.16. The number of aliphatic hydroxyl groups excluding tert-OH is 1. The standard InChI is InChI=1S/C27H27ClFN5O5/c1-2-39-26(37)23(35)16-33(15-17-8-10-18(11-9-17)21-14-19(28)12-13-22(21)29)32-25(36)24-30-27(38)34(31-24)20-6-4-3-5-7-20/h3-4,6,8-14,23,35H,2,5,7,15-16H2,1H3,(H,32,36)(H,30,31,38)/t23-/m1/s1. The lowest BCUT2D eigenvalue weighted by molar-refractivity contribution is -0.154. The Balaban J connectivity index is 1.53. The summed E-state index contributed by atoms with van der Waals surface area (Å²) in [4.78, 5) is 39.9. The highest BCUT2D eigenvalue weighted by molar-refractivity contribution is 6.30. The van der Waals surface area contributed by atoms with Crippen LogP contribution in [0.15, 0.2) is 65.5 Å². The molecule has 10 nitrogen and oxygen atoms in total. The Hall–Kier alpha value is -4.06. The number of aromatic amines is 1. The van der Waals surface area contributed by atoms with Gasteiger partial charge in [-0.15, -0.1) is 5.10 Å². The third-order valence-corrected chi connectivity index (χ3v) is 6.11. The van der Waals surface area contributed by atoms with Gasteiger partial charge in [-0.3, -0.25) is 15.2 Å². The number of esters is 1. The minimum atomic E-state index is -1.55. The zero-order chi connectivity index (χ0) is 27.9. The molecule has 1 heterocycles. The minimum Gasteiger partial charge on any atom is -0.464 e. The van der Waals surface area contributed by atoms with Crippen LogP contribution in [0.4, 0.5) is 4.39 Å². The summed E-state index contributed by atoms with van der Waals surface area (Å²) in [5, 5.41) is 16.1. The van der Waals surface area contributed by atoms with Crippen LogP contribution >= 0.6 is 11.6 Å². The number of hydrogen-bond donors (Lipinski definition) is 3. The van der Waals surface area contributed by atoms with Crippen LogP contribution in [-0.2, 0) is 16.1 Å². The van der Waals surface area contributed by atoms with E-state index in [1.54, 1.807) is 37.3 Å². The highest BCUT2D eigenvalue weighted by Crippen LogP contribution is 2.26. The van der Waals surface area contributed by atoms with Gasteiger partial charge in [-0.25, -0.2) is 19.0 Å². The van der Waals surface area contributed by atoms with Crippen molar-refractivity contribution in [1.29, 1.82) is 0 Å². The Labute approximate surface area is 228 Å². The second-order valence-electron chi connectivity index (χ2n) is 8.73. The number of aliphatic hydroxyl groups is 1. The summed E-state index contributed by atoms with van der Waals surface area (Å²) in [5.74, 6) is -2.25. The maximum absolute atomic E-state index is 14.3. The van der Waals surface area contributed by atoms with Crippen molar-refractivity contribution in [3.05, 3.63) is 93.4 Å². The molecule has 204 valence electrons. The van der Waals surface area contributed by atoms with Gasteiger partial charge < -0.3 is 9.84 Å². The van der Waals surface area contributed by atoms with E-state index in [4.69, 9.17) is 16.3 Å². The molecule has 0 radical (unpaired) electrons. The van der Waals surface area contributed by atoms with Gasteiger partial charge in [0.25, 0.3) is 0 Å². The second kappa shape index (κ2) is 12.7. The fourth-order valence-electron chi connectivity index (χ4n) is 3.98. The Morgan fingerprint density at radius 2 is 2.05 bits per heavy atom. The number of nitrogens with one attached hydrogen (secondary N) is 2. The molecule has 0 unspecified atom stereocenters. The second-order valence-corrected chi connectivity index (χ2v) is 9.16. The van der Waals surface area contributed by atoms with E-state index in [1.165, 1.54) is 23.2 Å². The van der Waals surface area contributed by atoms with Crippen LogP contribution in [0.3, 0.4) is 0 Å². The smallest absolute Gasteiger partial charge is 0.348 e. The van der Waals surface area contributed by atoms with Crippen molar-refractivity contribution >= 4 is 29.2 Å². The van der Waals surface area contributed by atoms with E-state index in [0.717, 1.165) is 11.1 Å². The number of carbonyl (C=O) groups is 2. The molecule has 2 aromatic carbocycles. The molecule has 0 bridgehead atoms. The zero-order valence-corrected chi connectivity index (χ0v) is 21.8. The molecule has 1 atom stereocenters. The highest BCUT2D eigenvalue weighted by Gasteiger charge is 2.24. The predicted octanol–water partition coefficient (Wildman–Crippen LogP) is 3.29. The molecular weight excluding hydrogens is 529 g/mol. The quantitative estimate of drug-likeness (QED) is 0.258. The number of carbonyl (C=O) groups excluding carboxylic acids is 2. The number of amides is 1. The molecule has 0 fully saturated rings. The number of nitrogens with zero attached hydrogens (tertiary/aromatic N) is 3. The van der Waals surface area contributed by atoms with Crippen molar-refractivity contribution in [3.8, 4) is 11.1 Å². The van der Waals surface area contributed by atoms with Gasteiger partial charge in [0.15, 0.2) is 6.10 Å². The van der Waals surface area contributed by atoms with Crippen molar-refractivity contribution in [3.63, 3.8) is 0 Å². The normalized spacial score (nSPS) is 13.7. The summed E-state index contributed by atoms with van der Waals surface area (Å²) in [6.45, 7) is 1.43. The van der Waals surface area contributed by atoms with Crippen molar-refractivity contribution in [2.45, 2.75) is 32.4 Å². The van der Waals surface area contributed by atoms with Crippen LogP contribution < -0.4 is 11.1 Å². The molecule has 0 saturated heterocycles. The first-order valence-corrected chi connectivity index (χ1v) is 12.6. The summed E-state index contributed by atoms with van der Waals surface area (Å²) in [6.07, 6.45) is 5.29. The van der Waals surface area contributed by atoms with E-state index >= 15 is 0 Å². The molecule has 39 heavy (non-hydrogen) atoms. The maximum Gasteiger partial charge on any atom is 0.348 e. The molecule has 4 rings (SSSR count). The third kappa shape index (κ3) is 7.08. The van der Waals surface area contributed by atoms with Gasteiger partial charge in [0.2, 0.25) is 5.82 Å². The van der Waals surface area contributed by atoms with Crippen LogP contribution in [0.5, 0.6) is 0 Å². The molecule has 0 spiro atoms. The van der Waals surface area contributed by atoms with Gasteiger partial charge in [0.05, 0.1) is 13.2 Å². The molecule has 3 aromatic rings. The van der Waals surface area contributed by atoms with Crippen LogP contribution in [-0.4, -0.2) is 56.0 Å². The first-order valence-electron chi connectivity index (χ1n) is 12.3. The minimum absolute atomic E-state index is 0.0569. The molecule has 1 amide bonds. The SMILES string of the molecule is CCOC(=O)[C@H](O)CN(Cc1ccc(-c2cc(Cl)ccc2F)cc1)NC(=O)c1nn(C2=CC=CCC2)c(=O)[nH]1. The molecule has 3 N–H and O–H groups in total. The van der Waals surface area contributed by atoms with Crippen LogP contribution in [0.25, 0.3) is 16.8 Å². The molecule has 0 aliphatic heterocycles. The van der Waals surface area contributed by atoms with E-state index in [9.17, 15) is 23.9 Å². The number of hydrazine groups is 1. The van der Waals surface area contributed by atoms with E-state index in [0.29, 0.717) is 33.8 Å².